The van der Waals surface area contributed by atoms with Gasteiger partial charge in [0, 0.05) is 5.69 Å². The molecular formula is C12H14F4N2O. The summed E-state index contributed by atoms with van der Waals surface area (Å²) in [6.45, 7) is 1.83. The topological polar surface area (TPSA) is 55.1 Å². The zero-order valence-corrected chi connectivity index (χ0v) is 10.2. The molecule has 0 fully saturated rings. The molecule has 0 heterocycles. The van der Waals surface area contributed by atoms with Gasteiger partial charge in [0.15, 0.2) is 0 Å². The van der Waals surface area contributed by atoms with Crippen molar-refractivity contribution in [2.45, 2.75) is 32.0 Å². The van der Waals surface area contributed by atoms with E-state index in [1.165, 1.54) is 0 Å². The van der Waals surface area contributed by atoms with Crippen LogP contribution < -0.4 is 11.1 Å². The summed E-state index contributed by atoms with van der Waals surface area (Å²) in [5.41, 5.74) is 3.97. The summed E-state index contributed by atoms with van der Waals surface area (Å²) in [6, 6.07) is 1.46. The molecule has 0 aliphatic rings. The van der Waals surface area contributed by atoms with Crippen LogP contribution in [0.4, 0.5) is 23.2 Å². The molecule has 19 heavy (non-hydrogen) atoms. The SMILES string of the molecule is CCC[C@@H](N)C(=O)Nc1ccc(F)c(C(F)(F)F)c1. The van der Waals surface area contributed by atoms with Gasteiger partial charge in [-0.2, -0.15) is 13.2 Å². The first kappa shape index (κ1) is 15.4. The van der Waals surface area contributed by atoms with Gasteiger partial charge in [-0.1, -0.05) is 13.3 Å². The molecule has 0 aliphatic heterocycles. The van der Waals surface area contributed by atoms with E-state index in [0.717, 1.165) is 6.07 Å². The number of amides is 1. The summed E-state index contributed by atoms with van der Waals surface area (Å²) in [6.07, 6.45) is -3.72. The van der Waals surface area contributed by atoms with Crippen molar-refractivity contribution in [3.8, 4) is 0 Å². The second kappa shape index (κ2) is 6.01. The lowest BCUT2D eigenvalue weighted by Crippen LogP contribution is -2.35. The van der Waals surface area contributed by atoms with Crippen molar-refractivity contribution < 1.29 is 22.4 Å². The Hall–Kier alpha value is -1.63. The lowest BCUT2D eigenvalue weighted by Gasteiger charge is -2.13. The molecule has 1 rings (SSSR count). The third-order valence-electron chi connectivity index (χ3n) is 2.48. The number of hydrogen-bond donors (Lipinski definition) is 2. The van der Waals surface area contributed by atoms with Crippen LogP contribution in [0.1, 0.15) is 25.3 Å². The monoisotopic (exact) mass is 278 g/mol. The second-order valence-corrected chi connectivity index (χ2v) is 4.08. The van der Waals surface area contributed by atoms with E-state index >= 15 is 0 Å². The van der Waals surface area contributed by atoms with Crippen LogP contribution in [0.5, 0.6) is 0 Å². The summed E-state index contributed by atoms with van der Waals surface area (Å²) in [7, 11) is 0. The van der Waals surface area contributed by atoms with Gasteiger partial charge in [-0.3, -0.25) is 4.79 Å². The van der Waals surface area contributed by atoms with Crippen LogP contribution >= 0.6 is 0 Å². The van der Waals surface area contributed by atoms with Gasteiger partial charge in [0.25, 0.3) is 0 Å². The maximum Gasteiger partial charge on any atom is 0.419 e. The number of alkyl halides is 3. The fourth-order valence-electron chi connectivity index (χ4n) is 1.50. The molecule has 1 amide bonds. The van der Waals surface area contributed by atoms with E-state index in [9.17, 15) is 22.4 Å². The lowest BCUT2D eigenvalue weighted by atomic mass is 10.1. The molecule has 3 nitrogen and oxygen atoms in total. The quantitative estimate of drug-likeness (QED) is 0.832. The second-order valence-electron chi connectivity index (χ2n) is 4.08. The number of anilines is 1. The molecule has 1 aromatic carbocycles. The molecular weight excluding hydrogens is 264 g/mol. The molecule has 0 spiro atoms. The van der Waals surface area contributed by atoms with E-state index in [1.807, 2.05) is 6.92 Å². The van der Waals surface area contributed by atoms with Crippen LogP contribution in [-0.2, 0) is 11.0 Å². The van der Waals surface area contributed by atoms with Gasteiger partial charge >= 0.3 is 6.18 Å². The first-order chi connectivity index (χ1) is 8.75. The Morgan fingerprint density at radius 1 is 1.42 bits per heavy atom. The fraction of sp³-hybridized carbons (Fsp3) is 0.417. The zero-order chi connectivity index (χ0) is 14.6. The Balaban J connectivity index is 2.89. The molecule has 106 valence electrons. The minimum atomic E-state index is -4.81. The minimum Gasteiger partial charge on any atom is -0.325 e. The van der Waals surface area contributed by atoms with Crippen LogP contribution in [0.25, 0.3) is 0 Å². The highest BCUT2D eigenvalue weighted by Crippen LogP contribution is 2.32. The van der Waals surface area contributed by atoms with Gasteiger partial charge in [0.2, 0.25) is 5.91 Å². The third kappa shape index (κ3) is 4.20. The van der Waals surface area contributed by atoms with Gasteiger partial charge in [-0.15, -0.1) is 0 Å². The maximum absolute atomic E-state index is 13.0. The molecule has 0 saturated heterocycles. The summed E-state index contributed by atoms with van der Waals surface area (Å²) in [4.78, 5) is 11.5. The molecule has 0 aromatic heterocycles. The number of benzene rings is 1. The van der Waals surface area contributed by atoms with Crippen molar-refractivity contribution >= 4 is 11.6 Å². The molecule has 0 saturated carbocycles. The summed E-state index contributed by atoms with van der Waals surface area (Å²) in [5.74, 6) is -1.98. The van der Waals surface area contributed by atoms with Crippen molar-refractivity contribution in [2.24, 2.45) is 5.73 Å². The molecule has 0 radical (unpaired) electrons. The van der Waals surface area contributed by atoms with E-state index in [0.29, 0.717) is 25.0 Å². The Morgan fingerprint density at radius 3 is 2.58 bits per heavy atom. The fourth-order valence-corrected chi connectivity index (χ4v) is 1.50. The number of halogens is 4. The molecule has 7 heteroatoms. The Morgan fingerprint density at radius 2 is 2.05 bits per heavy atom. The van der Waals surface area contributed by atoms with Gasteiger partial charge < -0.3 is 11.1 Å². The lowest BCUT2D eigenvalue weighted by molar-refractivity contribution is -0.140. The van der Waals surface area contributed by atoms with E-state index in [2.05, 4.69) is 5.32 Å². The van der Waals surface area contributed by atoms with Gasteiger partial charge in [-0.25, -0.2) is 4.39 Å². The highest BCUT2D eigenvalue weighted by molar-refractivity contribution is 5.94. The molecule has 1 aromatic rings. The summed E-state index contributed by atoms with van der Waals surface area (Å²) in [5, 5.41) is 2.24. The number of nitrogens with two attached hydrogens (primary N) is 1. The highest BCUT2D eigenvalue weighted by Gasteiger charge is 2.34. The highest BCUT2D eigenvalue weighted by atomic mass is 19.4. The van der Waals surface area contributed by atoms with E-state index in [-0.39, 0.29) is 5.69 Å². The number of carbonyl (C=O) groups excluding carboxylic acids is 1. The van der Waals surface area contributed by atoms with Gasteiger partial charge in [-0.05, 0) is 24.6 Å². The van der Waals surface area contributed by atoms with E-state index < -0.39 is 29.5 Å². The molecule has 0 bridgehead atoms. The van der Waals surface area contributed by atoms with Crippen LogP contribution in [0, 0.1) is 5.82 Å². The number of carbonyl (C=O) groups is 1. The van der Waals surface area contributed by atoms with Crippen molar-refractivity contribution in [3.63, 3.8) is 0 Å². The van der Waals surface area contributed by atoms with Crippen molar-refractivity contribution in [1.29, 1.82) is 0 Å². The van der Waals surface area contributed by atoms with Crippen LogP contribution in [0.2, 0.25) is 0 Å². The predicted octanol–water partition coefficient (Wildman–Crippen LogP) is 2.91. The largest absolute Gasteiger partial charge is 0.419 e. The number of hydrogen-bond acceptors (Lipinski definition) is 2. The molecule has 0 aliphatic carbocycles. The van der Waals surface area contributed by atoms with Gasteiger partial charge in [0.1, 0.15) is 5.82 Å². The summed E-state index contributed by atoms with van der Waals surface area (Å²) >= 11 is 0. The van der Waals surface area contributed by atoms with Crippen LogP contribution in [-0.4, -0.2) is 11.9 Å². The molecule has 3 N–H and O–H groups in total. The van der Waals surface area contributed by atoms with E-state index in [4.69, 9.17) is 5.73 Å². The van der Waals surface area contributed by atoms with Crippen molar-refractivity contribution in [1.82, 2.24) is 0 Å². The van der Waals surface area contributed by atoms with E-state index in [1.54, 1.807) is 0 Å². The van der Waals surface area contributed by atoms with Crippen molar-refractivity contribution in [2.75, 3.05) is 5.32 Å². The maximum atomic E-state index is 13.0. The molecule has 0 unspecified atom stereocenters. The first-order valence-electron chi connectivity index (χ1n) is 5.69. The Bertz CT molecular complexity index is 460. The van der Waals surface area contributed by atoms with Crippen molar-refractivity contribution in [3.05, 3.63) is 29.6 Å². The first-order valence-corrected chi connectivity index (χ1v) is 5.69. The normalized spacial score (nSPS) is 13.2. The standard InChI is InChI=1S/C12H14F4N2O/c1-2-3-10(17)11(19)18-7-4-5-9(13)8(6-7)12(14,15)16/h4-6,10H,2-3,17H2,1H3,(H,18,19)/t10-/m1/s1. The average molecular weight is 278 g/mol. The summed E-state index contributed by atoms with van der Waals surface area (Å²) < 4.78 is 50.4. The number of nitrogens with one attached hydrogen (secondary N) is 1. The average Bonchev–Trinajstić information content (AvgIpc) is 2.30. The Labute approximate surface area is 107 Å². The minimum absolute atomic E-state index is 0.134. The Kier molecular flexibility index (Phi) is 4.88. The molecule has 1 atom stereocenters. The van der Waals surface area contributed by atoms with Gasteiger partial charge in [0.05, 0.1) is 11.6 Å². The number of rotatable bonds is 4. The third-order valence-corrected chi connectivity index (χ3v) is 2.48. The van der Waals surface area contributed by atoms with Crippen LogP contribution in [0.15, 0.2) is 18.2 Å². The zero-order valence-electron chi connectivity index (χ0n) is 10.2. The predicted molar refractivity (Wildman–Crippen MR) is 62.9 cm³/mol. The smallest absolute Gasteiger partial charge is 0.325 e. The van der Waals surface area contributed by atoms with Crippen LogP contribution in [0.3, 0.4) is 0 Å².